The molecule has 0 radical (unpaired) electrons. The van der Waals surface area contributed by atoms with Crippen LogP contribution in [0.4, 0.5) is 10.1 Å². The van der Waals surface area contributed by atoms with Crippen LogP contribution < -0.4 is 10.1 Å². The Hall–Kier alpha value is -3.28. The van der Waals surface area contributed by atoms with E-state index in [9.17, 15) is 9.18 Å². The molecule has 0 fully saturated rings. The number of aromatic nitrogens is 2. The molecule has 0 spiro atoms. The predicted octanol–water partition coefficient (Wildman–Crippen LogP) is 3.69. The molecule has 1 atom stereocenters. The number of halogens is 1. The molecule has 0 aliphatic carbocycles. The van der Waals surface area contributed by atoms with Crippen LogP contribution in [0.15, 0.2) is 67.0 Å². The number of anilines is 1. The molecule has 25 heavy (non-hydrogen) atoms. The molecule has 1 heterocycles. The second kappa shape index (κ2) is 7.53. The molecule has 1 aromatic heterocycles. The van der Waals surface area contributed by atoms with Crippen LogP contribution in [0.2, 0.25) is 0 Å². The summed E-state index contributed by atoms with van der Waals surface area (Å²) < 4.78 is 18.4. The summed E-state index contributed by atoms with van der Waals surface area (Å²) in [5.41, 5.74) is 1.37. The van der Waals surface area contributed by atoms with Gasteiger partial charge in [-0.05, 0) is 31.2 Å². The van der Waals surface area contributed by atoms with Crippen LogP contribution in [0.1, 0.15) is 6.92 Å². The number of hydrogen-bond acceptors (Lipinski definition) is 4. The molecule has 2 aromatic carbocycles. The van der Waals surface area contributed by atoms with Gasteiger partial charge in [-0.2, -0.15) is 0 Å². The number of ether oxygens (including phenoxy) is 1. The third kappa shape index (κ3) is 4.38. The van der Waals surface area contributed by atoms with Crippen molar-refractivity contribution in [2.75, 3.05) is 5.32 Å². The largest absolute Gasteiger partial charge is 0.481 e. The van der Waals surface area contributed by atoms with Gasteiger partial charge >= 0.3 is 0 Å². The molecule has 126 valence electrons. The van der Waals surface area contributed by atoms with Crippen LogP contribution in [-0.2, 0) is 4.79 Å². The van der Waals surface area contributed by atoms with E-state index in [0.29, 0.717) is 17.3 Å². The number of nitrogens with one attached hydrogen (secondary N) is 1. The summed E-state index contributed by atoms with van der Waals surface area (Å²) in [6.07, 6.45) is 2.33. The van der Waals surface area contributed by atoms with E-state index < -0.39 is 6.10 Å². The number of hydrogen-bond donors (Lipinski definition) is 1. The van der Waals surface area contributed by atoms with Crippen molar-refractivity contribution >= 4 is 11.6 Å². The maximum atomic E-state index is 12.9. The van der Waals surface area contributed by atoms with Crippen molar-refractivity contribution in [3.05, 3.63) is 72.8 Å². The van der Waals surface area contributed by atoms with E-state index in [1.54, 1.807) is 6.92 Å². The van der Waals surface area contributed by atoms with Crippen LogP contribution in [0.5, 0.6) is 5.75 Å². The summed E-state index contributed by atoms with van der Waals surface area (Å²) in [5, 5.41) is 2.69. The Labute approximate surface area is 144 Å². The van der Waals surface area contributed by atoms with Gasteiger partial charge in [-0.1, -0.05) is 30.3 Å². The Morgan fingerprint density at radius 2 is 1.68 bits per heavy atom. The van der Waals surface area contributed by atoms with E-state index in [1.807, 2.05) is 30.3 Å². The lowest BCUT2D eigenvalue weighted by molar-refractivity contribution is -0.122. The number of rotatable bonds is 5. The molecule has 0 aliphatic rings. The van der Waals surface area contributed by atoms with E-state index >= 15 is 0 Å². The quantitative estimate of drug-likeness (QED) is 0.771. The van der Waals surface area contributed by atoms with Crippen LogP contribution in [0.25, 0.3) is 11.4 Å². The zero-order valence-electron chi connectivity index (χ0n) is 13.5. The topological polar surface area (TPSA) is 64.1 Å². The molecule has 5 nitrogen and oxygen atoms in total. The van der Waals surface area contributed by atoms with Crippen LogP contribution in [0.3, 0.4) is 0 Å². The van der Waals surface area contributed by atoms with Crippen molar-refractivity contribution in [3.8, 4) is 17.1 Å². The number of carbonyl (C=O) groups excluding carboxylic acids is 1. The SMILES string of the molecule is C[C@@H](Oc1ccc(F)cc1)C(=O)Nc1cnc(-c2ccccc2)nc1. The van der Waals surface area contributed by atoms with Crippen molar-refractivity contribution in [2.24, 2.45) is 0 Å². The highest BCUT2D eigenvalue weighted by Crippen LogP contribution is 2.16. The van der Waals surface area contributed by atoms with E-state index in [-0.39, 0.29) is 11.7 Å². The smallest absolute Gasteiger partial charge is 0.265 e. The van der Waals surface area contributed by atoms with Gasteiger partial charge in [0.25, 0.3) is 5.91 Å². The maximum Gasteiger partial charge on any atom is 0.265 e. The predicted molar refractivity (Wildman–Crippen MR) is 92.6 cm³/mol. The Morgan fingerprint density at radius 3 is 2.32 bits per heavy atom. The Bertz CT molecular complexity index is 837. The first-order valence-electron chi connectivity index (χ1n) is 7.72. The Morgan fingerprint density at radius 1 is 1.04 bits per heavy atom. The van der Waals surface area contributed by atoms with Crippen LogP contribution >= 0.6 is 0 Å². The van der Waals surface area contributed by atoms with Crippen LogP contribution in [-0.4, -0.2) is 22.0 Å². The number of amides is 1. The fourth-order valence-corrected chi connectivity index (χ4v) is 2.14. The molecule has 1 amide bonds. The van der Waals surface area contributed by atoms with E-state index in [0.717, 1.165) is 5.56 Å². The second-order valence-electron chi connectivity index (χ2n) is 5.36. The van der Waals surface area contributed by atoms with Crippen molar-refractivity contribution in [1.29, 1.82) is 0 Å². The highest BCUT2D eigenvalue weighted by atomic mass is 19.1. The minimum atomic E-state index is -0.751. The van der Waals surface area contributed by atoms with Crippen LogP contribution in [0, 0.1) is 5.82 Å². The van der Waals surface area contributed by atoms with Gasteiger partial charge in [-0.15, -0.1) is 0 Å². The van der Waals surface area contributed by atoms with E-state index in [2.05, 4.69) is 15.3 Å². The minimum Gasteiger partial charge on any atom is -0.481 e. The molecule has 0 saturated carbocycles. The summed E-state index contributed by atoms with van der Waals surface area (Å²) in [5.74, 6) is 0.287. The fraction of sp³-hybridized carbons (Fsp3) is 0.105. The summed E-state index contributed by atoms with van der Waals surface area (Å²) in [6, 6.07) is 15.0. The zero-order valence-corrected chi connectivity index (χ0v) is 13.5. The average molecular weight is 337 g/mol. The first kappa shape index (κ1) is 16.6. The first-order chi connectivity index (χ1) is 12.1. The lowest BCUT2D eigenvalue weighted by atomic mass is 10.2. The Balaban J connectivity index is 1.61. The minimum absolute atomic E-state index is 0.347. The highest BCUT2D eigenvalue weighted by Gasteiger charge is 2.15. The fourth-order valence-electron chi connectivity index (χ4n) is 2.14. The number of benzene rings is 2. The molecule has 3 aromatic rings. The normalized spacial score (nSPS) is 11.6. The molecule has 3 rings (SSSR count). The molecule has 0 bridgehead atoms. The van der Waals surface area contributed by atoms with Crippen molar-refractivity contribution < 1.29 is 13.9 Å². The summed E-state index contributed by atoms with van der Waals surface area (Å²) in [7, 11) is 0. The van der Waals surface area contributed by atoms with E-state index in [1.165, 1.54) is 36.7 Å². The lowest BCUT2D eigenvalue weighted by Crippen LogP contribution is -2.30. The van der Waals surface area contributed by atoms with Crippen molar-refractivity contribution in [3.63, 3.8) is 0 Å². The lowest BCUT2D eigenvalue weighted by Gasteiger charge is -2.14. The van der Waals surface area contributed by atoms with Gasteiger partial charge in [0.05, 0.1) is 18.1 Å². The molecule has 0 unspecified atom stereocenters. The molecule has 0 saturated heterocycles. The first-order valence-corrected chi connectivity index (χ1v) is 7.72. The van der Waals surface area contributed by atoms with Gasteiger partial charge in [-0.25, -0.2) is 14.4 Å². The van der Waals surface area contributed by atoms with Gasteiger partial charge < -0.3 is 10.1 Å². The third-order valence-electron chi connectivity index (χ3n) is 3.45. The molecular weight excluding hydrogens is 321 g/mol. The van der Waals surface area contributed by atoms with Gasteiger partial charge in [0.15, 0.2) is 11.9 Å². The average Bonchev–Trinajstić information content (AvgIpc) is 2.65. The third-order valence-corrected chi connectivity index (χ3v) is 3.45. The number of carbonyl (C=O) groups is 1. The van der Waals surface area contributed by atoms with Crippen molar-refractivity contribution in [1.82, 2.24) is 9.97 Å². The molecular formula is C19H16FN3O2. The summed E-state index contributed by atoms with van der Waals surface area (Å²) >= 11 is 0. The van der Waals surface area contributed by atoms with Gasteiger partial charge in [-0.3, -0.25) is 4.79 Å². The zero-order chi connectivity index (χ0) is 17.6. The summed E-state index contributed by atoms with van der Waals surface area (Å²) in [4.78, 5) is 20.7. The van der Waals surface area contributed by atoms with Gasteiger partial charge in [0, 0.05) is 5.56 Å². The molecule has 0 aliphatic heterocycles. The highest BCUT2D eigenvalue weighted by molar-refractivity contribution is 5.93. The van der Waals surface area contributed by atoms with E-state index in [4.69, 9.17) is 4.74 Å². The second-order valence-corrected chi connectivity index (χ2v) is 5.36. The maximum absolute atomic E-state index is 12.9. The van der Waals surface area contributed by atoms with Gasteiger partial charge in [0.1, 0.15) is 11.6 Å². The monoisotopic (exact) mass is 337 g/mol. The molecule has 1 N–H and O–H groups in total. The van der Waals surface area contributed by atoms with Crippen molar-refractivity contribution in [2.45, 2.75) is 13.0 Å². The Kier molecular flexibility index (Phi) is 4.99. The number of nitrogens with zero attached hydrogens (tertiary/aromatic N) is 2. The standard InChI is InChI=1S/C19H16FN3O2/c1-13(25-17-9-7-15(20)8-10-17)19(24)23-16-11-21-18(22-12-16)14-5-3-2-4-6-14/h2-13H,1H3,(H,23,24)/t13-/m1/s1. The van der Waals surface area contributed by atoms with Gasteiger partial charge in [0.2, 0.25) is 0 Å². The summed E-state index contributed by atoms with van der Waals surface area (Å²) in [6.45, 7) is 1.61. The molecule has 6 heteroatoms.